The topological polar surface area (TPSA) is 182 Å². The summed E-state index contributed by atoms with van der Waals surface area (Å²) in [6, 6.07) is 15.2. The number of carboxylic acids is 4. The minimum Gasteiger partial charge on any atom is -0.473 e. The Morgan fingerprint density at radius 1 is 0.892 bits per heavy atom. The van der Waals surface area contributed by atoms with Gasteiger partial charge in [0.2, 0.25) is 0 Å². The number of benzene rings is 1. The van der Waals surface area contributed by atoms with Crippen molar-refractivity contribution in [1.29, 1.82) is 0 Å². The summed E-state index contributed by atoms with van der Waals surface area (Å²) in [6.45, 7) is 4.27. The Kier molecular flexibility index (Phi) is 11.9. The summed E-state index contributed by atoms with van der Waals surface area (Å²) in [5.74, 6) is -7.30. The molecule has 1 fully saturated rings. The maximum absolute atomic E-state index is 9.10. The summed E-state index contributed by atoms with van der Waals surface area (Å²) < 4.78 is 1.94. The second kappa shape index (κ2) is 15.1. The van der Waals surface area contributed by atoms with E-state index in [4.69, 9.17) is 39.6 Å². The van der Waals surface area contributed by atoms with Gasteiger partial charge in [-0.05, 0) is 49.5 Å². The zero-order valence-corrected chi connectivity index (χ0v) is 20.6. The highest BCUT2D eigenvalue weighted by atomic mass is 32.1. The van der Waals surface area contributed by atoms with E-state index in [1.54, 1.807) is 0 Å². The molecule has 3 heterocycles. The highest BCUT2D eigenvalue weighted by Crippen LogP contribution is 2.27. The molecule has 5 N–H and O–H groups in total. The highest BCUT2D eigenvalue weighted by Gasteiger charge is 2.23. The molecule has 1 unspecified atom stereocenters. The van der Waals surface area contributed by atoms with E-state index in [9.17, 15) is 0 Å². The van der Waals surface area contributed by atoms with Crippen LogP contribution in [-0.4, -0.2) is 78.6 Å². The van der Waals surface area contributed by atoms with Gasteiger partial charge in [-0.3, -0.25) is 4.90 Å². The van der Waals surface area contributed by atoms with Crippen molar-refractivity contribution >= 4 is 35.2 Å². The molecule has 0 radical (unpaired) electrons. The fraction of sp³-hybridized carbons (Fsp3) is 0.292. The number of aromatic nitrogens is 2. The van der Waals surface area contributed by atoms with Gasteiger partial charge in [0.15, 0.2) is 0 Å². The maximum atomic E-state index is 9.10. The molecule has 37 heavy (non-hydrogen) atoms. The van der Waals surface area contributed by atoms with E-state index in [2.05, 4.69) is 51.2 Å². The third-order valence-electron chi connectivity index (χ3n) is 5.14. The molecule has 0 spiro atoms. The molecule has 0 aliphatic carbocycles. The summed E-state index contributed by atoms with van der Waals surface area (Å²) in [5.41, 5.74) is 2.32. The fourth-order valence-electron chi connectivity index (χ4n) is 3.47. The zero-order chi connectivity index (χ0) is 27.2. The number of thiophene rings is 1. The number of para-hydroxylation sites is 1. The lowest BCUT2D eigenvalue weighted by molar-refractivity contribution is -0.159. The molecule has 4 rings (SSSR count). The molecular weight excluding hydrogens is 504 g/mol. The van der Waals surface area contributed by atoms with Crippen molar-refractivity contribution in [2.24, 2.45) is 0 Å². The molecule has 0 amide bonds. The average Bonchev–Trinajstić information content (AvgIpc) is 3.67. The molecule has 0 bridgehead atoms. The van der Waals surface area contributed by atoms with Crippen LogP contribution in [0.25, 0.3) is 5.69 Å². The van der Waals surface area contributed by atoms with Crippen LogP contribution in [-0.2, 0) is 25.7 Å². The third-order valence-corrected chi connectivity index (χ3v) is 6.12. The van der Waals surface area contributed by atoms with E-state index in [1.165, 1.54) is 36.4 Å². The number of hydrogen-bond donors (Lipinski definition) is 5. The van der Waals surface area contributed by atoms with Crippen molar-refractivity contribution in [3.8, 4) is 5.69 Å². The van der Waals surface area contributed by atoms with E-state index in [-0.39, 0.29) is 0 Å². The van der Waals surface area contributed by atoms with Gasteiger partial charge in [-0.25, -0.2) is 23.9 Å². The second-order valence-electron chi connectivity index (χ2n) is 7.75. The summed E-state index contributed by atoms with van der Waals surface area (Å²) in [4.78, 5) is 40.5. The molecule has 2 aromatic heterocycles. The number of hydrogen-bond acceptors (Lipinski definition) is 8. The summed E-state index contributed by atoms with van der Waals surface area (Å²) in [5, 5.41) is 39.9. The molecule has 0 saturated carbocycles. The molecule has 12 nitrogen and oxygen atoms in total. The van der Waals surface area contributed by atoms with E-state index in [0.717, 1.165) is 18.8 Å². The number of likely N-dealkylation sites (tertiary alicyclic amines) is 1. The Hall–Kier alpha value is -4.07. The third kappa shape index (κ3) is 10.2. The monoisotopic (exact) mass is 532 g/mol. The number of carboxylic acid groups (broad SMARTS) is 4. The van der Waals surface area contributed by atoms with Gasteiger partial charge < -0.3 is 25.7 Å². The van der Waals surface area contributed by atoms with Crippen LogP contribution in [0.4, 0.5) is 0 Å². The van der Waals surface area contributed by atoms with Crippen LogP contribution >= 0.6 is 11.3 Å². The van der Waals surface area contributed by atoms with Gasteiger partial charge in [-0.15, -0.1) is 11.3 Å². The minimum absolute atomic E-state index is 0.492. The van der Waals surface area contributed by atoms with Gasteiger partial charge in [0.05, 0.1) is 17.9 Å². The zero-order valence-electron chi connectivity index (χ0n) is 19.8. The molecule has 1 atom stereocenters. The minimum atomic E-state index is -1.82. The number of nitrogens with zero attached hydrogens (tertiary/aromatic N) is 3. The molecule has 3 aromatic rings. The van der Waals surface area contributed by atoms with Crippen molar-refractivity contribution in [1.82, 2.24) is 20.0 Å². The van der Waals surface area contributed by atoms with Crippen molar-refractivity contribution < 1.29 is 39.6 Å². The smallest absolute Gasteiger partial charge is 0.414 e. The van der Waals surface area contributed by atoms with Crippen molar-refractivity contribution in [3.63, 3.8) is 0 Å². The van der Waals surface area contributed by atoms with Crippen LogP contribution in [0.1, 0.15) is 29.3 Å². The Labute approximate surface area is 216 Å². The quantitative estimate of drug-likeness (QED) is 0.281. The van der Waals surface area contributed by atoms with Crippen LogP contribution in [0, 0.1) is 0 Å². The largest absolute Gasteiger partial charge is 0.473 e. The van der Waals surface area contributed by atoms with E-state index in [1.807, 2.05) is 40.4 Å². The predicted octanol–water partition coefficient (Wildman–Crippen LogP) is 2.17. The molecule has 198 valence electrons. The van der Waals surface area contributed by atoms with Crippen LogP contribution in [0.15, 0.2) is 60.2 Å². The lowest BCUT2D eigenvalue weighted by Crippen LogP contribution is -2.33. The first kappa shape index (κ1) is 29.2. The first-order valence-electron chi connectivity index (χ1n) is 11.2. The van der Waals surface area contributed by atoms with E-state index < -0.39 is 23.9 Å². The molecule has 13 heteroatoms. The van der Waals surface area contributed by atoms with Gasteiger partial charge in [0.1, 0.15) is 0 Å². The van der Waals surface area contributed by atoms with Crippen molar-refractivity contribution in [2.75, 3.05) is 19.6 Å². The first-order chi connectivity index (χ1) is 17.7. The summed E-state index contributed by atoms with van der Waals surface area (Å²) in [7, 11) is 0. The Bertz CT molecular complexity index is 1100. The van der Waals surface area contributed by atoms with Crippen molar-refractivity contribution in [3.05, 3.63) is 70.7 Å². The SMILES string of the molecule is O=C(O)C(=O)O.O=C(O)C(=O)O.c1ccc(-n2cc(CNCC(c3cccs3)N3CCCC3)cn2)cc1. The van der Waals surface area contributed by atoms with Gasteiger partial charge in [0, 0.05) is 29.7 Å². The highest BCUT2D eigenvalue weighted by molar-refractivity contribution is 7.10. The van der Waals surface area contributed by atoms with Crippen LogP contribution in [0.3, 0.4) is 0 Å². The normalized spacial score (nSPS) is 13.4. The number of carbonyl (C=O) groups is 4. The van der Waals surface area contributed by atoms with Crippen LogP contribution in [0.5, 0.6) is 0 Å². The van der Waals surface area contributed by atoms with E-state index in [0.29, 0.717) is 6.04 Å². The molecular formula is C24H28N4O8S. The summed E-state index contributed by atoms with van der Waals surface area (Å²) >= 11 is 1.87. The molecule has 1 aliphatic rings. The molecule has 1 aromatic carbocycles. The Morgan fingerprint density at radius 3 is 2.00 bits per heavy atom. The summed E-state index contributed by atoms with van der Waals surface area (Å²) in [6.07, 6.45) is 6.71. The predicted molar refractivity (Wildman–Crippen MR) is 134 cm³/mol. The van der Waals surface area contributed by atoms with Crippen molar-refractivity contribution in [2.45, 2.75) is 25.4 Å². The van der Waals surface area contributed by atoms with Gasteiger partial charge in [0.25, 0.3) is 0 Å². The second-order valence-corrected chi connectivity index (χ2v) is 8.73. The maximum Gasteiger partial charge on any atom is 0.414 e. The molecule has 1 saturated heterocycles. The average molecular weight is 533 g/mol. The Morgan fingerprint density at radius 2 is 1.49 bits per heavy atom. The number of aliphatic carboxylic acids is 4. The van der Waals surface area contributed by atoms with Gasteiger partial charge >= 0.3 is 23.9 Å². The fourth-order valence-corrected chi connectivity index (χ4v) is 4.33. The Balaban J connectivity index is 0.000000336. The van der Waals surface area contributed by atoms with E-state index >= 15 is 0 Å². The molecule has 1 aliphatic heterocycles. The first-order valence-corrected chi connectivity index (χ1v) is 12.1. The van der Waals surface area contributed by atoms with Crippen LogP contribution in [0.2, 0.25) is 0 Å². The number of rotatable bonds is 7. The lowest BCUT2D eigenvalue weighted by Gasteiger charge is -2.27. The standard InChI is InChI=1S/C20H24N4S.2C2H2O4/c1-2-7-18(8-3-1)24-16-17(14-22-24)13-21-15-19(20-9-6-12-25-20)23-10-4-5-11-23;2*3-1(4)2(5)6/h1-3,6-9,12,14,16,19,21H,4-5,10-11,13,15H2;2*(H,3,4)(H,5,6). The lowest BCUT2D eigenvalue weighted by atomic mass is 10.2. The van der Waals surface area contributed by atoms with Gasteiger partial charge in [-0.1, -0.05) is 24.3 Å². The number of nitrogens with one attached hydrogen (secondary N) is 1. The van der Waals surface area contributed by atoms with Gasteiger partial charge in [-0.2, -0.15) is 5.10 Å². The van der Waals surface area contributed by atoms with Crippen LogP contribution < -0.4 is 5.32 Å².